The molecule has 1 unspecified atom stereocenters. The van der Waals surface area contributed by atoms with Gasteiger partial charge in [0.2, 0.25) is 11.8 Å². The Morgan fingerprint density at radius 2 is 1.96 bits per heavy atom. The molecule has 2 amide bonds. The number of nitrogens with one attached hydrogen (secondary N) is 1. The monoisotopic (exact) mass is 352 g/mol. The quantitative estimate of drug-likeness (QED) is 0.735. The summed E-state index contributed by atoms with van der Waals surface area (Å²) in [5.74, 6) is -0.479. The Labute approximate surface area is 143 Å². The van der Waals surface area contributed by atoms with Gasteiger partial charge in [-0.15, -0.1) is 0 Å². The first-order valence-corrected chi connectivity index (χ1v) is 9.98. The van der Waals surface area contributed by atoms with E-state index in [0.29, 0.717) is 13.0 Å². The third-order valence-corrected chi connectivity index (χ3v) is 5.93. The van der Waals surface area contributed by atoms with Crippen LogP contribution in [0.4, 0.5) is 0 Å². The lowest BCUT2D eigenvalue weighted by molar-refractivity contribution is -0.136. The predicted molar refractivity (Wildman–Crippen MR) is 92.2 cm³/mol. The van der Waals surface area contributed by atoms with Crippen molar-refractivity contribution in [2.45, 2.75) is 32.2 Å². The number of carbonyl (C=O) groups excluding carboxylic acids is 2. The maximum atomic E-state index is 12.0. The first-order chi connectivity index (χ1) is 11.4. The van der Waals surface area contributed by atoms with Crippen LogP contribution in [0.3, 0.4) is 0 Å². The first kappa shape index (κ1) is 18.4. The number of amides is 2. The molecular weight excluding hydrogens is 328 g/mol. The summed E-state index contributed by atoms with van der Waals surface area (Å²) < 4.78 is 23.1. The summed E-state index contributed by atoms with van der Waals surface area (Å²) in [6.45, 7) is 1.82. The Balaban J connectivity index is 1.76. The van der Waals surface area contributed by atoms with E-state index in [9.17, 15) is 18.0 Å². The van der Waals surface area contributed by atoms with Crippen molar-refractivity contribution in [1.29, 1.82) is 0 Å². The lowest BCUT2D eigenvalue weighted by Gasteiger charge is -2.26. The fraction of sp³-hybridized carbons (Fsp3) is 0.529. The Hall–Kier alpha value is -1.89. The smallest absolute Gasteiger partial charge is 0.239 e. The van der Waals surface area contributed by atoms with E-state index in [2.05, 4.69) is 5.32 Å². The zero-order chi connectivity index (χ0) is 17.6. The minimum absolute atomic E-state index is 0.0478. The van der Waals surface area contributed by atoms with Crippen LogP contribution in [-0.4, -0.2) is 55.8 Å². The second kappa shape index (κ2) is 8.28. The van der Waals surface area contributed by atoms with Gasteiger partial charge in [-0.25, -0.2) is 8.42 Å². The van der Waals surface area contributed by atoms with E-state index >= 15 is 0 Å². The number of nitrogens with zero attached hydrogens (tertiary/aromatic N) is 1. The lowest BCUT2D eigenvalue weighted by Crippen LogP contribution is -2.46. The normalized spacial score (nSPS) is 19.0. The van der Waals surface area contributed by atoms with Crippen LogP contribution in [0.1, 0.15) is 25.3 Å². The highest BCUT2D eigenvalue weighted by atomic mass is 32.2. The number of rotatable bonds is 7. The average Bonchev–Trinajstić information content (AvgIpc) is 2.89. The van der Waals surface area contributed by atoms with Crippen molar-refractivity contribution in [1.82, 2.24) is 10.2 Å². The molecule has 0 saturated carbocycles. The average molecular weight is 352 g/mol. The number of carbonyl (C=O) groups is 2. The van der Waals surface area contributed by atoms with Crippen LogP contribution in [-0.2, 0) is 25.8 Å². The molecule has 132 valence electrons. The predicted octanol–water partition coefficient (Wildman–Crippen LogP) is 0.771. The van der Waals surface area contributed by atoms with Gasteiger partial charge in [-0.05, 0) is 24.8 Å². The standard InChI is InChI=1S/C17H24N2O4S/c1-14(20)19(16-9-11-24(22,23)13-16)12-17(21)18-10-5-8-15-6-3-2-4-7-15/h2-4,6-7,16H,5,8-13H2,1H3,(H,18,21). The van der Waals surface area contributed by atoms with Crippen molar-refractivity contribution in [2.24, 2.45) is 0 Å². The molecule has 6 nitrogen and oxygen atoms in total. The highest BCUT2D eigenvalue weighted by molar-refractivity contribution is 7.91. The van der Waals surface area contributed by atoms with Crippen molar-refractivity contribution in [2.75, 3.05) is 24.6 Å². The van der Waals surface area contributed by atoms with Crippen LogP contribution in [0.25, 0.3) is 0 Å². The molecule has 1 N–H and O–H groups in total. The molecule has 2 rings (SSSR count). The fourth-order valence-electron chi connectivity index (χ4n) is 2.89. The maximum absolute atomic E-state index is 12.0. The molecule has 1 aromatic carbocycles. The molecule has 1 aliphatic heterocycles. The van der Waals surface area contributed by atoms with Gasteiger partial charge in [0.25, 0.3) is 0 Å². The summed E-state index contributed by atoms with van der Waals surface area (Å²) >= 11 is 0. The van der Waals surface area contributed by atoms with Crippen LogP contribution in [0.2, 0.25) is 0 Å². The van der Waals surface area contributed by atoms with Gasteiger partial charge in [0, 0.05) is 19.5 Å². The number of benzene rings is 1. The molecule has 0 aromatic heterocycles. The Kier molecular flexibility index (Phi) is 6.36. The molecule has 0 aliphatic carbocycles. The molecule has 1 aliphatic rings. The molecule has 1 atom stereocenters. The molecule has 0 spiro atoms. The zero-order valence-electron chi connectivity index (χ0n) is 13.9. The third kappa shape index (κ3) is 5.63. The van der Waals surface area contributed by atoms with Crippen LogP contribution in [0.5, 0.6) is 0 Å². The first-order valence-electron chi connectivity index (χ1n) is 8.15. The van der Waals surface area contributed by atoms with Gasteiger partial charge in [0.05, 0.1) is 18.1 Å². The van der Waals surface area contributed by atoms with Gasteiger partial charge in [-0.2, -0.15) is 0 Å². The number of hydrogen-bond donors (Lipinski definition) is 1. The minimum atomic E-state index is -3.09. The van der Waals surface area contributed by atoms with Crippen LogP contribution < -0.4 is 5.32 Å². The van der Waals surface area contributed by atoms with Gasteiger partial charge in [0.15, 0.2) is 9.84 Å². The number of aryl methyl sites for hydroxylation is 1. The van der Waals surface area contributed by atoms with Gasteiger partial charge in [-0.1, -0.05) is 30.3 Å². The molecule has 7 heteroatoms. The molecular formula is C17H24N2O4S. The summed E-state index contributed by atoms with van der Waals surface area (Å²) in [6, 6.07) is 9.62. The molecule has 1 heterocycles. The molecule has 1 saturated heterocycles. The topological polar surface area (TPSA) is 83.6 Å². The maximum Gasteiger partial charge on any atom is 0.239 e. The summed E-state index contributed by atoms with van der Waals surface area (Å²) in [5.41, 5.74) is 1.22. The minimum Gasteiger partial charge on any atom is -0.355 e. The van der Waals surface area contributed by atoms with Gasteiger partial charge < -0.3 is 10.2 Å². The number of hydrogen-bond acceptors (Lipinski definition) is 4. The van der Waals surface area contributed by atoms with E-state index in [-0.39, 0.29) is 35.9 Å². The highest BCUT2D eigenvalue weighted by Gasteiger charge is 2.34. The van der Waals surface area contributed by atoms with Gasteiger partial charge in [0.1, 0.15) is 0 Å². The van der Waals surface area contributed by atoms with Crippen LogP contribution in [0, 0.1) is 0 Å². The van der Waals surface area contributed by atoms with Crippen LogP contribution >= 0.6 is 0 Å². The van der Waals surface area contributed by atoms with E-state index in [4.69, 9.17) is 0 Å². The third-order valence-electron chi connectivity index (χ3n) is 4.17. The molecule has 1 aromatic rings. The van der Waals surface area contributed by atoms with E-state index in [1.54, 1.807) is 0 Å². The largest absolute Gasteiger partial charge is 0.355 e. The van der Waals surface area contributed by atoms with Crippen molar-refractivity contribution in [3.8, 4) is 0 Å². The molecule has 24 heavy (non-hydrogen) atoms. The molecule has 1 fully saturated rings. The summed E-state index contributed by atoms with van der Waals surface area (Å²) in [6.07, 6.45) is 2.09. The van der Waals surface area contributed by atoms with Crippen molar-refractivity contribution in [3.05, 3.63) is 35.9 Å². The van der Waals surface area contributed by atoms with Crippen molar-refractivity contribution < 1.29 is 18.0 Å². The molecule has 0 radical (unpaired) electrons. The van der Waals surface area contributed by atoms with Crippen molar-refractivity contribution >= 4 is 21.7 Å². The SMILES string of the molecule is CC(=O)N(CC(=O)NCCCc1ccccc1)C1CCS(=O)(=O)C1. The van der Waals surface area contributed by atoms with E-state index in [1.165, 1.54) is 17.4 Å². The second-order valence-corrected chi connectivity index (χ2v) is 8.37. The van der Waals surface area contributed by atoms with Crippen molar-refractivity contribution in [3.63, 3.8) is 0 Å². The highest BCUT2D eigenvalue weighted by Crippen LogP contribution is 2.17. The Morgan fingerprint density at radius 3 is 2.54 bits per heavy atom. The summed E-state index contributed by atoms with van der Waals surface area (Å²) in [7, 11) is -3.09. The lowest BCUT2D eigenvalue weighted by atomic mass is 10.1. The van der Waals surface area contributed by atoms with E-state index < -0.39 is 9.84 Å². The number of sulfone groups is 1. The van der Waals surface area contributed by atoms with Gasteiger partial charge >= 0.3 is 0 Å². The van der Waals surface area contributed by atoms with E-state index in [1.807, 2.05) is 30.3 Å². The fourth-order valence-corrected chi connectivity index (χ4v) is 4.63. The summed E-state index contributed by atoms with van der Waals surface area (Å²) in [4.78, 5) is 25.1. The Morgan fingerprint density at radius 1 is 1.25 bits per heavy atom. The Bertz CT molecular complexity index is 673. The summed E-state index contributed by atoms with van der Waals surface area (Å²) in [5, 5.41) is 2.80. The second-order valence-electron chi connectivity index (χ2n) is 6.14. The zero-order valence-corrected chi connectivity index (χ0v) is 14.7. The van der Waals surface area contributed by atoms with Gasteiger partial charge in [-0.3, -0.25) is 9.59 Å². The molecule has 0 bridgehead atoms. The van der Waals surface area contributed by atoms with Crippen LogP contribution in [0.15, 0.2) is 30.3 Å². The van der Waals surface area contributed by atoms with E-state index in [0.717, 1.165) is 12.8 Å².